The van der Waals surface area contributed by atoms with E-state index in [0.717, 1.165) is 24.3 Å². The molecule has 1 unspecified atom stereocenters. The summed E-state index contributed by atoms with van der Waals surface area (Å²) in [6.07, 6.45) is -5.15. The van der Waals surface area contributed by atoms with E-state index < -0.39 is 53.0 Å². The van der Waals surface area contributed by atoms with Crippen LogP contribution in [-0.4, -0.2) is 29.6 Å². The summed E-state index contributed by atoms with van der Waals surface area (Å²) in [5, 5.41) is 13.5. The van der Waals surface area contributed by atoms with Gasteiger partial charge >= 0.3 is 18.0 Å². The van der Waals surface area contributed by atoms with Gasteiger partial charge in [-0.1, -0.05) is 30.3 Å². The predicted octanol–water partition coefficient (Wildman–Crippen LogP) is 2.47. The van der Waals surface area contributed by atoms with Gasteiger partial charge in [0.15, 0.2) is 0 Å². The first kappa shape index (κ1) is 20.3. The van der Waals surface area contributed by atoms with E-state index in [-0.39, 0.29) is 0 Å². The number of alkyl halides is 3. The van der Waals surface area contributed by atoms with E-state index in [9.17, 15) is 36.6 Å². The van der Waals surface area contributed by atoms with Crippen molar-refractivity contribution >= 4 is 17.5 Å². The summed E-state index contributed by atoms with van der Waals surface area (Å²) in [6, 6.07) is 8.08. The Labute approximate surface area is 149 Å². The minimum absolute atomic E-state index is 0.450. The third-order valence-corrected chi connectivity index (χ3v) is 3.61. The summed E-state index contributed by atoms with van der Waals surface area (Å²) in [4.78, 5) is 23.4. The van der Waals surface area contributed by atoms with Crippen molar-refractivity contribution in [1.29, 1.82) is 0 Å². The molecule has 2 rings (SSSR count). The summed E-state index contributed by atoms with van der Waals surface area (Å²) >= 11 is 0. The Morgan fingerprint density at radius 1 is 0.963 bits per heavy atom. The van der Waals surface area contributed by atoms with Gasteiger partial charge in [0.1, 0.15) is 11.6 Å². The smallest absolute Gasteiger partial charge is 0.375 e. The number of hydrogen-bond acceptors (Lipinski definition) is 3. The van der Waals surface area contributed by atoms with Crippen LogP contribution < -0.4 is 10.6 Å². The highest BCUT2D eigenvalue weighted by atomic mass is 19.4. The molecular formula is C17H13F5N2O3. The van der Waals surface area contributed by atoms with Crippen molar-refractivity contribution in [2.24, 2.45) is 0 Å². The van der Waals surface area contributed by atoms with Crippen LogP contribution in [0.2, 0.25) is 0 Å². The third-order valence-electron chi connectivity index (χ3n) is 3.61. The zero-order valence-corrected chi connectivity index (χ0v) is 13.5. The molecule has 0 aromatic heterocycles. The van der Waals surface area contributed by atoms with E-state index in [1.54, 1.807) is 10.6 Å². The highest BCUT2D eigenvalue weighted by Gasteiger charge is 2.55. The van der Waals surface area contributed by atoms with Crippen LogP contribution in [-0.2, 0) is 15.2 Å². The highest BCUT2D eigenvalue weighted by molar-refractivity contribution is 6.39. The Bertz CT molecular complexity index is 842. The number of rotatable bonds is 4. The molecule has 2 aromatic rings. The number of carbonyl (C=O) groups excluding carboxylic acids is 2. The second kappa shape index (κ2) is 7.70. The SMILES string of the molecule is O=C(NCC(O)(c1ccccc1)C(F)(F)F)C(=O)Nc1ccc(F)cc1F. The second-order valence-corrected chi connectivity index (χ2v) is 5.49. The van der Waals surface area contributed by atoms with Crippen molar-refractivity contribution in [2.75, 3.05) is 11.9 Å². The number of hydrogen-bond donors (Lipinski definition) is 3. The van der Waals surface area contributed by atoms with Crippen LogP contribution in [0.15, 0.2) is 48.5 Å². The molecule has 10 heteroatoms. The molecule has 144 valence electrons. The fraction of sp³-hybridized carbons (Fsp3) is 0.176. The number of halogens is 5. The van der Waals surface area contributed by atoms with E-state index in [2.05, 4.69) is 0 Å². The molecule has 1 atom stereocenters. The van der Waals surface area contributed by atoms with Gasteiger partial charge in [0.2, 0.25) is 5.60 Å². The van der Waals surface area contributed by atoms with Gasteiger partial charge in [-0.2, -0.15) is 13.2 Å². The van der Waals surface area contributed by atoms with Gasteiger partial charge < -0.3 is 15.7 Å². The highest BCUT2D eigenvalue weighted by Crippen LogP contribution is 2.38. The molecule has 0 aliphatic rings. The lowest BCUT2D eigenvalue weighted by molar-refractivity contribution is -0.264. The lowest BCUT2D eigenvalue weighted by atomic mass is 9.93. The quantitative estimate of drug-likeness (QED) is 0.556. The van der Waals surface area contributed by atoms with Gasteiger partial charge in [-0.15, -0.1) is 0 Å². The molecule has 0 heterocycles. The van der Waals surface area contributed by atoms with Crippen LogP contribution >= 0.6 is 0 Å². The van der Waals surface area contributed by atoms with Crippen LogP contribution in [0.5, 0.6) is 0 Å². The maximum atomic E-state index is 13.5. The molecule has 27 heavy (non-hydrogen) atoms. The van der Waals surface area contributed by atoms with E-state index in [4.69, 9.17) is 0 Å². The maximum Gasteiger partial charge on any atom is 0.423 e. The molecule has 3 N–H and O–H groups in total. The lowest BCUT2D eigenvalue weighted by Gasteiger charge is -2.31. The third kappa shape index (κ3) is 4.59. The van der Waals surface area contributed by atoms with Crippen molar-refractivity contribution in [1.82, 2.24) is 5.32 Å². The van der Waals surface area contributed by atoms with Gasteiger partial charge in [-0.05, 0) is 17.7 Å². The van der Waals surface area contributed by atoms with E-state index in [1.165, 1.54) is 18.2 Å². The summed E-state index contributed by atoms with van der Waals surface area (Å²) in [5.74, 6) is -5.13. The molecular weight excluding hydrogens is 375 g/mol. The zero-order valence-electron chi connectivity index (χ0n) is 13.5. The Kier molecular flexibility index (Phi) is 5.79. The van der Waals surface area contributed by atoms with E-state index in [1.807, 2.05) is 0 Å². The first-order chi connectivity index (χ1) is 12.5. The predicted molar refractivity (Wildman–Crippen MR) is 84.4 cm³/mol. The molecule has 2 aromatic carbocycles. The fourth-order valence-corrected chi connectivity index (χ4v) is 2.14. The monoisotopic (exact) mass is 388 g/mol. The van der Waals surface area contributed by atoms with Gasteiger partial charge in [-0.3, -0.25) is 9.59 Å². The normalized spacial score (nSPS) is 13.6. The van der Waals surface area contributed by atoms with Gasteiger partial charge in [0.05, 0.1) is 12.2 Å². The summed E-state index contributed by atoms with van der Waals surface area (Å²) in [5.41, 5.74) is -4.51. The maximum absolute atomic E-state index is 13.5. The molecule has 0 aliphatic carbocycles. The number of carbonyl (C=O) groups is 2. The Morgan fingerprint density at radius 2 is 1.59 bits per heavy atom. The molecule has 0 bridgehead atoms. The van der Waals surface area contributed by atoms with Crippen LogP contribution in [0.25, 0.3) is 0 Å². The lowest BCUT2D eigenvalue weighted by Crippen LogP contribution is -2.52. The Balaban J connectivity index is 2.10. The van der Waals surface area contributed by atoms with Gasteiger partial charge in [-0.25, -0.2) is 8.78 Å². The summed E-state index contributed by atoms with van der Waals surface area (Å²) in [7, 11) is 0. The largest absolute Gasteiger partial charge is 0.423 e. The van der Waals surface area contributed by atoms with E-state index >= 15 is 0 Å². The average Bonchev–Trinajstić information content (AvgIpc) is 2.61. The number of nitrogens with one attached hydrogen (secondary N) is 2. The first-order valence-electron chi connectivity index (χ1n) is 7.43. The van der Waals surface area contributed by atoms with Crippen molar-refractivity contribution < 1.29 is 36.6 Å². The Morgan fingerprint density at radius 3 is 2.15 bits per heavy atom. The minimum Gasteiger partial charge on any atom is -0.375 e. The molecule has 0 radical (unpaired) electrons. The van der Waals surface area contributed by atoms with Crippen LogP contribution in [0.1, 0.15) is 5.56 Å². The number of aliphatic hydroxyl groups is 1. The van der Waals surface area contributed by atoms with Crippen molar-refractivity contribution in [3.05, 3.63) is 65.7 Å². The number of anilines is 1. The van der Waals surface area contributed by atoms with Crippen LogP contribution in [0, 0.1) is 11.6 Å². The molecule has 0 saturated heterocycles. The second-order valence-electron chi connectivity index (χ2n) is 5.49. The molecule has 0 saturated carbocycles. The van der Waals surface area contributed by atoms with Crippen LogP contribution in [0.4, 0.5) is 27.6 Å². The molecule has 2 amide bonds. The molecule has 5 nitrogen and oxygen atoms in total. The van der Waals surface area contributed by atoms with Gasteiger partial charge in [0, 0.05) is 6.07 Å². The van der Waals surface area contributed by atoms with Crippen molar-refractivity contribution in [3.8, 4) is 0 Å². The Hall–Kier alpha value is -3.01. The fourth-order valence-electron chi connectivity index (χ4n) is 2.14. The zero-order chi connectivity index (χ0) is 20.2. The van der Waals surface area contributed by atoms with Crippen molar-refractivity contribution in [3.63, 3.8) is 0 Å². The van der Waals surface area contributed by atoms with Crippen LogP contribution in [0.3, 0.4) is 0 Å². The number of benzene rings is 2. The molecule has 0 spiro atoms. The molecule has 0 aliphatic heterocycles. The average molecular weight is 388 g/mol. The summed E-state index contributed by atoms with van der Waals surface area (Å²) < 4.78 is 66.1. The van der Waals surface area contributed by atoms with Gasteiger partial charge in [0.25, 0.3) is 0 Å². The topological polar surface area (TPSA) is 78.4 Å². The standard InChI is InChI=1S/C17H13F5N2O3/c18-11-6-7-13(12(19)8-11)24-15(26)14(25)23-9-16(27,17(20,21)22)10-4-2-1-3-5-10/h1-8,27H,9H2,(H,23,25)(H,24,26). The minimum atomic E-state index is -5.15. The van der Waals surface area contributed by atoms with Crippen molar-refractivity contribution in [2.45, 2.75) is 11.8 Å². The molecule has 0 fully saturated rings. The van der Waals surface area contributed by atoms with E-state index in [0.29, 0.717) is 6.07 Å². The first-order valence-corrected chi connectivity index (χ1v) is 7.43. The summed E-state index contributed by atoms with van der Waals surface area (Å²) in [6.45, 7) is -1.35. The number of amides is 2.